The van der Waals surface area contributed by atoms with Crippen LogP contribution in [-0.2, 0) is 16.5 Å². The van der Waals surface area contributed by atoms with Gasteiger partial charge in [-0.2, -0.15) is 8.42 Å². The molecule has 0 aliphatic heterocycles. The van der Waals surface area contributed by atoms with Crippen LogP contribution in [0.2, 0.25) is 0 Å². The minimum atomic E-state index is -3.99. The van der Waals surface area contributed by atoms with E-state index in [0.717, 1.165) is 0 Å². The molecule has 0 aliphatic rings. The Morgan fingerprint density at radius 3 is 2.21 bits per heavy atom. The van der Waals surface area contributed by atoms with Crippen molar-refractivity contribution in [1.29, 1.82) is 0 Å². The number of hydrogen-bond acceptors (Lipinski definition) is 9. The van der Waals surface area contributed by atoms with Gasteiger partial charge in [0.1, 0.15) is 18.0 Å². The molecule has 0 spiro atoms. The van der Waals surface area contributed by atoms with Crippen LogP contribution in [0.15, 0.2) is 9.59 Å². The molecule has 162 valence electrons. The highest BCUT2D eigenvalue weighted by Crippen LogP contribution is 2.12. The normalized spacial score (nSPS) is 15.2. The SMILES string of the molecule is O=c1[nH]c(NC[C@H](O)[C@H](O)[C@H](O)CO)c(CCCCCCS(=O)(=O)O)c(=O)[nH]1. The summed E-state index contributed by atoms with van der Waals surface area (Å²) in [5.74, 6) is -0.282. The first-order chi connectivity index (χ1) is 13.0. The van der Waals surface area contributed by atoms with E-state index in [0.29, 0.717) is 19.3 Å². The Hall–Kier alpha value is -1.77. The maximum absolute atomic E-state index is 12.0. The van der Waals surface area contributed by atoms with Gasteiger partial charge in [0.25, 0.3) is 15.7 Å². The largest absolute Gasteiger partial charge is 0.394 e. The van der Waals surface area contributed by atoms with Crippen molar-refractivity contribution in [2.24, 2.45) is 0 Å². The molecule has 0 bridgehead atoms. The molecule has 0 unspecified atom stereocenters. The zero-order chi connectivity index (χ0) is 21.3. The maximum Gasteiger partial charge on any atom is 0.327 e. The number of nitrogens with one attached hydrogen (secondary N) is 3. The molecule has 0 aromatic carbocycles. The number of rotatable bonds is 13. The Morgan fingerprint density at radius 2 is 1.61 bits per heavy atom. The van der Waals surface area contributed by atoms with E-state index >= 15 is 0 Å². The van der Waals surface area contributed by atoms with Gasteiger partial charge in [0, 0.05) is 6.54 Å². The van der Waals surface area contributed by atoms with Gasteiger partial charge in [0.15, 0.2) is 0 Å². The molecule has 8 N–H and O–H groups in total. The molecule has 0 aliphatic carbocycles. The van der Waals surface area contributed by atoms with Crippen molar-refractivity contribution in [2.75, 3.05) is 24.2 Å². The summed E-state index contributed by atoms with van der Waals surface area (Å²) >= 11 is 0. The van der Waals surface area contributed by atoms with E-state index in [4.69, 9.17) is 9.66 Å². The van der Waals surface area contributed by atoms with Crippen molar-refractivity contribution in [1.82, 2.24) is 9.97 Å². The van der Waals surface area contributed by atoms with Crippen LogP contribution in [0.3, 0.4) is 0 Å². The summed E-state index contributed by atoms with van der Waals surface area (Å²) < 4.78 is 29.9. The number of unbranched alkanes of at least 4 members (excludes halogenated alkanes) is 3. The lowest BCUT2D eigenvalue weighted by molar-refractivity contribution is -0.0715. The molecular formula is C15H27N3O9S. The summed E-state index contributed by atoms with van der Waals surface area (Å²) in [7, 11) is -3.99. The molecule has 1 heterocycles. The summed E-state index contributed by atoms with van der Waals surface area (Å²) in [4.78, 5) is 28.0. The number of aromatic nitrogens is 2. The second-order valence-corrected chi connectivity index (χ2v) is 7.97. The fourth-order valence-electron chi connectivity index (χ4n) is 2.53. The average Bonchev–Trinajstić information content (AvgIpc) is 2.61. The van der Waals surface area contributed by atoms with Crippen LogP contribution < -0.4 is 16.6 Å². The van der Waals surface area contributed by atoms with E-state index in [-0.39, 0.29) is 36.5 Å². The van der Waals surface area contributed by atoms with Gasteiger partial charge >= 0.3 is 5.69 Å². The summed E-state index contributed by atoms with van der Waals surface area (Å²) in [5.41, 5.74) is -1.19. The smallest absolute Gasteiger partial charge is 0.327 e. The Bertz CT molecular complexity index is 821. The zero-order valence-corrected chi connectivity index (χ0v) is 16.0. The standard InChI is InChI=1S/C15H27N3O9S/c19-8-11(21)12(22)10(20)7-16-13-9(14(23)18-15(24)17-13)5-3-1-2-4-6-28(25,26)27/h10-12,19-22H,1-8H2,(H,25,26,27)(H3,16,17,18,23,24)/t10-,11+,12-/m0/s1. The molecule has 0 saturated carbocycles. The van der Waals surface area contributed by atoms with E-state index in [1.165, 1.54) is 0 Å². The van der Waals surface area contributed by atoms with Crippen LogP contribution in [-0.4, -0.2) is 80.6 Å². The van der Waals surface area contributed by atoms with E-state index in [9.17, 15) is 33.3 Å². The number of aromatic amines is 2. The highest BCUT2D eigenvalue weighted by molar-refractivity contribution is 7.85. The van der Waals surface area contributed by atoms with Gasteiger partial charge in [-0.1, -0.05) is 12.8 Å². The molecule has 0 fully saturated rings. The molecular weight excluding hydrogens is 398 g/mol. The third kappa shape index (κ3) is 8.50. The molecule has 0 radical (unpaired) electrons. The van der Waals surface area contributed by atoms with Crippen LogP contribution in [0.25, 0.3) is 0 Å². The van der Waals surface area contributed by atoms with Crippen molar-refractivity contribution in [3.63, 3.8) is 0 Å². The van der Waals surface area contributed by atoms with Crippen molar-refractivity contribution < 1.29 is 33.4 Å². The van der Waals surface area contributed by atoms with Crippen LogP contribution in [0.5, 0.6) is 0 Å². The molecule has 1 aromatic heterocycles. The van der Waals surface area contributed by atoms with Gasteiger partial charge < -0.3 is 25.7 Å². The maximum atomic E-state index is 12.0. The lowest BCUT2D eigenvalue weighted by atomic mass is 10.1. The average molecular weight is 425 g/mol. The van der Waals surface area contributed by atoms with Gasteiger partial charge in [-0.05, 0) is 19.3 Å². The molecule has 13 heteroatoms. The van der Waals surface area contributed by atoms with E-state index in [1.807, 2.05) is 0 Å². The number of anilines is 1. The number of aliphatic hydroxyl groups excluding tert-OH is 4. The van der Waals surface area contributed by atoms with Crippen molar-refractivity contribution in [2.45, 2.75) is 50.4 Å². The lowest BCUT2D eigenvalue weighted by Gasteiger charge is -2.22. The lowest BCUT2D eigenvalue weighted by Crippen LogP contribution is -2.43. The van der Waals surface area contributed by atoms with E-state index < -0.39 is 46.3 Å². The van der Waals surface area contributed by atoms with Crippen LogP contribution in [0.4, 0.5) is 5.82 Å². The Balaban J connectivity index is 2.67. The zero-order valence-electron chi connectivity index (χ0n) is 15.2. The Labute approximate surface area is 161 Å². The molecule has 12 nitrogen and oxygen atoms in total. The fraction of sp³-hybridized carbons (Fsp3) is 0.733. The molecule has 28 heavy (non-hydrogen) atoms. The highest BCUT2D eigenvalue weighted by atomic mass is 32.2. The predicted molar refractivity (Wildman–Crippen MR) is 99.9 cm³/mol. The second kappa shape index (κ2) is 11.3. The fourth-order valence-corrected chi connectivity index (χ4v) is 3.10. The quantitative estimate of drug-likeness (QED) is 0.123. The van der Waals surface area contributed by atoms with Gasteiger partial charge in [-0.3, -0.25) is 19.3 Å². The first kappa shape index (κ1) is 24.3. The summed E-state index contributed by atoms with van der Waals surface area (Å²) in [6, 6.07) is 0. The summed E-state index contributed by atoms with van der Waals surface area (Å²) in [6.07, 6.45) is -2.51. The number of hydrogen-bond donors (Lipinski definition) is 8. The highest BCUT2D eigenvalue weighted by Gasteiger charge is 2.24. The van der Waals surface area contributed by atoms with Crippen LogP contribution in [0, 0.1) is 0 Å². The van der Waals surface area contributed by atoms with Gasteiger partial charge in [0.05, 0.1) is 24.0 Å². The van der Waals surface area contributed by atoms with E-state index in [1.54, 1.807) is 0 Å². The minimum Gasteiger partial charge on any atom is -0.394 e. The Kier molecular flexibility index (Phi) is 9.78. The third-order valence-electron chi connectivity index (χ3n) is 4.08. The summed E-state index contributed by atoms with van der Waals surface area (Å²) in [6.45, 7) is -1.05. The van der Waals surface area contributed by atoms with Crippen molar-refractivity contribution >= 4 is 15.9 Å². The molecule has 1 aromatic rings. The number of H-pyrrole nitrogens is 2. The van der Waals surface area contributed by atoms with Crippen molar-refractivity contribution in [3.8, 4) is 0 Å². The molecule has 0 saturated heterocycles. The van der Waals surface area contributed by atoms with Gasteiger partial charge in [-0.15, -0.1) is 0 Å². The molecule has 1 rings (SSSR count). The van der Waals surface area contributed by atoms with Crippen LogP contribution >= 0.6 is 0 Å². The summed E-state index contributed by atoms with van der Waals surface area (Å²) in [5, 5.41) is 40.2. The Morgan fingerprint density at radius 1 is 0.964 bits per heavy atom. The number of aliphatic hydroxyl groups is 4. The first-order valence-corrected chi connectivity index (χ1v) is 10.4. The molecule has 0 amide bonds. The van der Waals surface area contributed by atoms with Gasteiger partial charge in [-0.25, -0.2) is 4.79 Å². The predicted octanol–water partition coefficient (Wildman–Crippen LogP) is -2.46. The van der Waals surface area contributed by atoms with E-state index in [2.05, 4.69) is 15.3 Å². The first-order valence-electron chi connectivity index (χ1n) is 8.74. The monoisotopic (exact) mass is 425 g/mol. The molecule has 3 atom stereocenters. The second-order valence-electron chi connectivity index (χ2n) is 6.40. The van der Waals surface area contributed by atoms with Crippen molar-refractivity contribution in [3.05, 3.63) is 26.4 Å². The van der Waals surface area contributed by atoms with Gasteiger partial charge in [0.2, 0.25) is 0 Å². The van der Waals surface area contributed by atoms with Crippen LogP contribution in [0.1, 0.15) is 31.2 Å². The topological polar surface area (TPSA) is 213 Å². The minimum absolute atomic E-state index is 0.0522. The third-order valence-corrected chi connectivity index (χ3v) is 4.89.